The average Bonchev–Trinajstić information content (AvgIpc) is 3.17. The third-order valence-corrected chi connectivity index (χ3v) is 9.04. The molecule has 0 radical (unpaired) electrons. The molecule has 3 aromatic rings. The molecule has 0 bridgehead atoms. The fraction of sp³-hybridized carbons (Fsp3) is 0.625. The number of fused-ring (bicyclic) bond motifs is 1. The number of phenols is 1. The lowest BCUT2D eigenvalue weighted by molar-refractivity contribution is 0.274. The summed E-state index contributed by atoms with van der Waals surface area (Å²) in [6.45, 7) is 24.2. The molecule has 0 atom stereocenters. The maximum absolute atomic E-state index is 12.8. The van der Waals surface area contributed by atoms with Gasteiger partial charge in [0.05, 0.1) is 10.6 Å². The van der Waals surface area contributed by atoms with Crippen LogP contribution in [0.5, 0.6) is 5.75 Å². The summed E-state index contributed by atoms with van der Waals surface area (Å²) < 4.78 is 25.6. The van der Waals surface area contributed by atoms with Crippen LogP contribution in [-0.4, -0.2) is 34.3 Å². The Bertz CT molecular complexity index is 1440. The zero-order chi connectivity index (χ0) is 29.6. The Balaban J connectivity index is 2.24. The molecule has 0 fully saturated rings. The number of benzene rings is 2. The van der Waals surface area contributed by atoms with Crippen LogP contribution in [0, 0.1) is 10.8 Å². The molecule has 0 saturated heterocycles. The van der Waals surface area contributed by atoms with Gasteiger partial charge in [0.25, 0.3) is 0 Å². The summed E-state index contributed by atoms with van der Waals surface area (Å²) in [6, 6.07) is 9.06. The first-order valence-corrected chi connectivity index (χ1v) is 15.8. The highest BCUT2D eigenvalue weighted by atomic mass is 32.2. The molecule has 1 heterocycles. The van der Waals surface area contributed by atoms with Crippen LogP contribution < -0.4 is 0 Å². The van der Waals surface area contributed by atoms with E-state index in [-0.39, 0.29) is 38.1 Å². The first-order chi connectivity index (χ1) is 17.7. The van der Waals surface area contributed by atoms with Crippen molar-refractivity contribution < 1.29 is 13.5 Å². The summed E-state index contributed by atoms with van der Waals surface area (Å²) in [5.74, 6) is 0.275. The van der Waals surface area contributed by atoms with Crippen LogP contribution in [0.4, 0.5) is 0 Å². The van der Waals surface area contributed by atoms with Crippen molar-refractivity contribution in [2.75, 3.05) is 5.75 Å². The second-order valence-electron chi connectivity index (χ2n) is 14.9. The van der Waals surface area contributed by atoms with Gasteiger partial charge >= 0.3 is 0 Å². The quantitative estimate of drug-likeness (QED) is 0.288. The van der Waals surface area contributed by atoms with E-state index in [4.69, 9.17) is 0 Å². The van der Waals surface area contributed by atoms with Gasteiger partial charge in [0, 0.05) is 5.56 Å². The van der Waals surface area contributed by atoms with Crippen LogP contribution in [0.3, 0.4) is 0 Å². The van der Waals surface area contributed by atoms with Crippen molar-refractivity contribution >= 4 is 20.9 Å². The zero-order valence-electron chi connectivity index (χ0n) is 25.9. The van der Waals surface area contributed by atoms with E-state index in [1.165, 1.54) is 4.80 Å². The number of rotatable bonds is 9. The SMILES string of the molecule is CCCCS(=O)(=O)c1ccc2nn(-c3cc(C(C)(C)CC(C)(C)C)cc(C(C)(C)CC(C)(C)C)c3O)nc2c1. The van der Waals surface area contributed by atoms with Gasteiger partial charge in [0.1, 0.15) is 22.5 Å². The molecule has 1 aromatic heterocycles. The van der Waals surface area contributed by atoms with E-state index in [1.54, 1.807) is 18.2 Å². The molecule has 0 unspecified atom stereocenters. The third-order valence-electron chi connectivity index (χ3n) is 7.24. The smallest absolute Gasteiger partial charge is 0.178 e. The van der Waals surface area contributed by atoms with Crippen molar-refractivity contribution in [2.45, 2.75) is 118 Å². The standard InChI is InChI=1S/C32H49N3O3S/c1-12-13-16-39(37,38)23-14-15-25-26(19-23)34-35(33-25)27-18-22(31(8,9)20-29(2,3)4)17-24(28(27)36)32(10,11)21-30(5,6)7/h14-15,17-19,36H,12-13,16,20-21H2,1-11H3. The predicted octanol–water partition coefficient (Wildman–Crippen LogP) is 8.13. The van der Waals surface area contributed by atoms with E-state index in [9.17, 15) is 13.5 Å². The van der Waals surface area contributed by atoms with Crippen molar-refractivity contribution in [3.05, 3.63) is 41.5 Å². The molecule has 0 amide bonds. The summed E-state index contributed by atoms with van der Waals surface area (Å²) in [7, 11) is -3.39. The highest BCUT2D eigenvalue weighted by Crippen LogP contribution is 2.46. The minimum absolute atomic E-state index is 0.0608. The van der Waals surface area contributed by atoms with Crippen LogP contribution in [0.2, 0.25) is 0 Å². The first kappa shape index (κ1) is 31.1. The van der Waals surface area contributed by atoms with E-state index < -0.39 is 9.84 Å². The number of phenolic OH excluding ortho intramolecular Hbond substituents is 1. The summed E-state index contributed by atoms with van der Waals surface area (Å²) in [5.41, 5.74) is 3.27. The summed E-state index contributed by atoms with van der Waals surface area (Å²) in [6.07, 6.45) is 3.26. The molecular formula is C32H49N3O3S. The van der Waals surface area contributed by atoms with Gasteiger partial charge in [0.2, 0.25) is 0 Å². The molecule has 0 aliphatic rings. The Labute approximate surface area is 236 Å². The average molecular weight is 556 g/mol. The highest BCUT2D eigenvalue weighted by molar-refractivity contribution is 7.91. The van der Waals surface area contributed by atoms with Gasteiger partial charge in [-0.2, -0.15) is 0 Å². The Morgan fingerprint density at radius 1 is 0.795 bits per heavy atom. The van der Waals surface area contributed by atoms with Crippen LogP contribution >= 0.6 is 0 Å². The van der Waals surface area contributed by atoms with Crippen molar-refractivity contribution in [3.8, 4) is 11.4 Å². The molecule has 1 N–H and O–H groups in total. The molecule has 7 heteroatoms. The highest BCUT2D eigenvalue weighted by Gasteiger charge is 2.35. The van der Waals surface area contributed by atoms with Gasteiger partial charge in [-0.15, -0.1) is 15.0 Å². The zero-order valence-corrected chi connectivity index (χ0v) is 26.8. The van der Waals surface area contributed by atoms with Gasteiger partial charge in [-0.1, -0.05) is 88.6 Å². The Kier molecular flexibility index (Phi) is 8.40. The van der Waals surface area contributed by atoms with E-state index in [0.717, 1.165) is 30.4 Å². The van der Waals surface area contributed by atoms with Crippen LogP contribution in [0.15, 0.2) is 35.2 Å². The monoisotopic (exact) mass is 555 g/mol. The van der Waals surface area contributed by atoms with Gasteiger partial charge in [-0.05, 0) is 70.8 Å². The van der Waals surface area contributed by atoms with Gasteiger partial charge < -0.3 is 5.11 Å². The Morgan fingerprint density at radius 2 is 1.36 bits per heavy atom. The molecule has 0 saturated carbocycles. The molecule has 216 valence electrons. The lowest BCUT2D eigenvalue weighted by Gasteiger charge is -2.37. The third kappa shape index (κ3) is 7.41. The number of hydrogen-bond donors (Lipinski definition) is 1. The van der Waals surface area contributed by atoms with Crippen LogP contribution in [0.25, 0.3) is 16.7 Å². The van der Waals surface area contributed by atoms with Gasteiger partial charge in [-0.3, -0.25) is 0 Å². The van der Waals surface area contributed by atoms with Crippen LogP contribution in [-0.2, 0) is 20.7 Å². The van der Waals surface area contributed by atoms with Crippen molar-refractivity contribution in [1.82, 2.24) is 15.0 Å². The largest absolute Gasteiger partial charge is 0.505 e. The van der Waals surface area contributed by atoms with Gasteiger partial charge in [-0.25, -0.2) is 8.42 Å². The second kappa shape index (κ2) is 10.5. The van der Waals surface area contributed by atoms with E-state index in [0.29, 0.717) is 23.1 Å². The molecule has 0 spiro atoms. The molecule has 2 aromatic carbocycles. The summed E-state index contributed by atoms with van der Waals surface area (Å²) >= 11 is 0. The predicted molar refractivity (Wildman–Crippen MR) is 162 cm³/mol. The van der Waals surface area contributed by atoms with Crippen molar-refractivity contribution in [1.29, 1.82) is 0 Å². The minimum atomic E-state index is -3.39. The summed E-state index contributed by atoms with van der Waals surface area (Å²) in [5, 5.41) is 21.1. The molecular weight excluding hydrogens is 506 g/mol. The van der Waals surface area contributed by atoms with E-state index in [2.05, 4.69) is 85.5 Å². The molecule has 6 nitrogen and oxygen atoms in total. The van der Waals surface area contributed by atoms with E-state index in [1.807, 2.05) is 13.0 Å². The van der Waals surface area contributed by atoms with Gasteiger partial charge in [0.15, 0.2) is 9.84 Å². The van der Waals surface area contributed by atoms with Crippen LogP contribution in [0.1, 0.15) is 113 Å². The molecule has 0 aliphatic carbocycles. The Morgan fingerprint density at radius 3 is 1.92 bits per heavy atom. The normalized spacial score (nSPS) is 13.8. The number of sulfone groups is 1. The first-order valence-electron chi connectivity index (χ1n) is 14.1. The maximum atomic E-state index is 12.8. The van der Waals surface area contributed by atoms with Crippen molar-refractivity contribution in [2.24, 2.45) is 10.8 Å². The lowest BCUT2D eigenvalue weighted by atomic mass is 9.68. The number of aromatic hydroxyl groups is 1. The Hall–Kier alpha value is -2.41. The number of nitrogens with zero attached hydrogens (tertiary/aromatic N) is 3. The summed E-state index contributed by atoms with van der Waals surface area (Å²) in [4.78, 5) is 1.72. The molecule has 0 aliphatic heterocycles. The van der Waals surface area contributed by atoms with Crippen molar-refractivity contribution in [3.63, 3.8) is 0 Å². The van der Waals surface area contributed by atoms with E-state index >= 15 is 0 Å². The number of hydrogen-bond acceptors (Lipinski definition) is 5. The fourth-order valence-corrected chi connectivity index (χ4v) is 7.65. The number of unbranched alkanes of at least 4 members (excludes halogenated alkanes) is 1. The molecule has 39 heavy (non-hydrogen) atoms. The maximum Gasteiger partial charge on any atom is 0.178 e. The number of aromatic nitrogens is 3. The topological polar surface area (TPSA) is 85.1 Å². The fourth-order valence-electron chi connectivity index (χ4n) is 6.17. The molecule has 3 rings (SSSR count). The second-order valence-corrected chi connectivity index (χ2v) is 17.1. The minimum Gasteiger partial charge on any atom is -0.505 e. The lowest BCUT2D eigenvalue weighted by Crippen LogP contribution is -2.28.